The summed E-state index contributed by atoms with van der Waals surface area (Å²) in [4.78, 5) is 43.0. The second-order valence-corrected chi connectivity index (χ2v) is 12.2. The predicted molar refractivity (Wildman–Crippen MR) is 176 cm³/mol. The van der Waals surface area contributed by atoms with E-state index in [1.54, 1.807) is 26.8 Å². The molecule has 12 heteroatoms. The largest absolute Gasteiger partial charge is 0.465 e. The summed E-state index contributed by atoms with van der Waals surface area (Å²) in [5.41, 5.74) is 9.36. The molecule has 0 unspecified atom stereocenters. The summed E-state index contributed by atoms with van der Waals surface area (Å²) in [7, 11) is 1.91. The number of aliphatic imine (C=N–C) groups is 1. The van der Waals surface area contributed by atoms with Crippen molar-refractivity contribution in [3.05, 3.63) is 94.6 Å². The van der Waals surface area contributed by atoms with E-state index in [9.17, 15) is 9.59 Å². The van der Waals surface area contributed by atoms with Crippen LogP contribution in [0, 0.1) is 6.57 Å². The first kappa shape index (κ1) is 33.5. The number of allylic oxidation sites excluding steroid dienone is 1. The number of fused-ring (bicyclic) bond motifs is 1. The number of nitrogen functional groups attached to an aromatic ring is 1. The molecule has 0 bridgehead atoms. The first-order valence-corrected chi connectivity index (χ1v) is 14.7. The summed E-state index contributed by atoms with van der Waals surface area (Å²) in [6, 6.07) is 15.3. The maximum absolute atomic E-state index is 12.5. The molecule has 46 heavy (non-hydrogen) atoms. The van der Waals surface area contributed by atoms with Gasteiger partial charge in [-0.2, -0.15) is 4.98 Å². The van der Waals surface area contributed by atoms with Crippen molar-refractivity contribution in [1.29, 1.82) is 0 Å². The van der Waals surface area contributed by atoms with Crippen LogP contribution in [0.2, 0.25) is 0 Å². The molecule has 0 spiro atoms. The predicted octanol–water partition coefficient (Wildman–Crippen LogP) is 5.51. The zero-order valence-corrected chi connectivity index (χ0v) is 27.0. The Balaban J connectivity index is 1.25. The molecule has 2 aromatic carbocycles. The first-order chi connectivity index (χ1) is 21.7. The van der Waals surface area contributed by atoms with E-state index in [0.717, 1.165) is 28.1 Å². The van der Waals surface area contributed by atoms with Crippen LogP contribution < -0.4 is 20.7 Å². The minimum Gasteiger partial charge on any atom is -0.465 e. The number of hydrogen-bond acceptors (Lipinski definition) is 10. The Kier molecular flexibility index (Phi) is 10.3. The number of nitrogens with one attached hydrogen (secondary N) is 1. The molecular weight excluding hydrogens is 586 g/mol. The number of amides is 1. The highest BCUT2D eigenvalue weighted by molar-refractivity contribution is 6.12. The highest BCUT2D eigenvalue weighted by Gasteiger charge is 2.35. The van der Waals surface area contributed by atoms with Crippen LogP contribution in [0.15, 0.2) is 71.5 Å². The average Bonchev–Trinajstić information content (AvgIpc) is 3.25. The van der Waals surface area contributed by atoms with Crippen LogP contribution in [0.4, 0.5) is 22.0 Å². The van der Waals surface area contributed by atoms with E-state index in [2.05, 4.69) is 20.1 Å². The van der Waals surface area contributed by atoms with Crippen LogP contribution in [-0.2, 0) is 32.8 Å². The van der Waals surface area contributed by atoms with Gasteiger partial charge in [0.05, 0.1) is 18.8 Å². The molecular formula is C34H39N7O5. The second kappa shape index (κ2) is 14.1. The normalized spacial score (nSPS) is 13.6. The molecule has 0 radical (unpaired) electrons. The second-order valence-electron chi connectivity index (χ2n) is 12.2. The van der Waals surface area contributed by atoms with E-state index in [4.69, 9.17) is 31.5 Å². The van der Waals surface area contributed by atoms with Crippen molar-refractivity contribution < 1.29 is 23.8 Å². The van der Waals surface area contributed by atoms with Gasteiger partial charge in [0.15, 0.2) is 0 Å². The molecule has 1 aromatic heterocycles. The third kappa shape index (κ3) is 8.81. The smallest absolute Gasteiger partial charge is 0.407 e. The standard InChI is InChI=1S/C34H39N7O5/c1-33(2,3)46-30(42)27(36-6)19-28-34(4,5)25-18-24(12-13-26(25)39-28)41(7)16-17-44-32(43)38-20-22-8-10-23(11-9-22)21-45-31-37-15-14-29(35)40-31/h8-15,18-19H,16-17,20-21H2,1-5,7H3,(H,38,43)(H2,35,37,40)/b27-19-. The fraction of sp³-hybridized carbons (Fsp3) is 0.353. The quantitative estimate of drug-likeness (QED) is 0.160. The number of ether oxygens (including phenoxy) is 3. The fourth-order valence-electron chi connectivity index (χ4n) is 4.53. The molecule has 1 aliphatic heterocycles. The molecule has 1 aliphatic rings. The topological polar surface area (TPSA) is 146 Å². The molecule has 1 amide bonds. The molecule has 0 aliphatic carbocycles. The van der Waals surface area contributed by atoms with Gasteiger partial charge in [0, 0.05) is 36.6 Å². The van der Waals surface area contributed by atoms with Crippen molar-refractivity contribution in [3.63, 3.8) is 0 Å². The molecule has 12 nitrogen and oxygen atoms in total. The summed E-state index contributed by atoms with van der Waals surface area (Å²) < 4.78 is 16.3. The van der Waals surface area contributed by atoms with E-state index in [1.165, 1.54) is 12.3 Å². The zero-order valence-electron chi connectivity index (χ0n) is 27.0. The van der Waals surface area contributed by atoms with Crippen LogP contribution in [0.3, 0.4) is 0 Å². The number of esters is 1. The van der Waals surface area contributed by atoms with Gasteiger partial charge >= 0.3 is 18.1 Å². The summed E-state index contributed by atoms with van der Waals surface area (Å²) >= 11 is 0. The summed E-state index contributed by atoms with van der Waals surface area (Å²) in [5.74, 6) is -0.336. The highest BCUT2D eigenvalue weighted by Crippen LogP contribution is 2.42. The average molecular weight is 626 g/mol. The molecule has 0 fully saturated rings. The Morgan fingerprint density at radius 1 is 1.11 bits per heavy atom. The Labute approximate surface area is 269 Å². The number of carbonyl (C=O) groups excluding carboxylic acids is 2. The molecule has 4 rings (SSSR count). The van der Waals surface area contributed by atoms with Crippen molar-refractivity contribution in [2.45, 2.75) is 58.8 Å². The number of anilines is 2. The van der Waals surface area contributed by atoms with E-state index in [0.29, 0.717) is 24.6 Å². The Bertz CT molecular complexity index is 1690. The minimum absolute atomic E-state index is 0.116. The number of nitrogens with zero attached hydrogens (tertiary/aromatic N) is 5. The van der Waals surface area contributed by atoms with Crippen LogP contribution in [0.1, 0.15) is 51.3 Å². The SMILES string of the molecule is [C-]#[N+]/C(=C\C1=Nc2ccc(N(C)CCOC(=O)NCc3ccc(COc4nccc(N)n4)cc3)cc2C1(C)C)C(=O)OC(C)(C)C. The molecule has 0 saturated heterocycles. The number of benzene rings is 2. The lowest BCUT2D eigenvalue weighted by atomic mass is 9.81. The Hall–Kier alpha value is -5.44. The van der Waals surface area contributed by atoms with Gasteiger partial charge in [0.2, 0.25) is 0 Å². The van der Waals surface area contributed by atoms with Crippen LogP contribution in [0.5, 0.6) is 6.01 Å². The summed E-state index contributed by atoms with van der Waals surface area (Å²) in [6.07, 6.45) is 2.53. The number of alkyl carbamates (subject to hydrolysis) is 1. The van der Waals surface area contributed by atoms with E-state index >= 15 is 0 Å². The zero-order chi connectivity index (χ0) is 33.5. The van der Waals surface area contributed by atoms with Gasteiger partial charge in [0.25, 0.3) is 5.70 Å². The van der Waals surface area contributed by atoms with Crippen LogP contribution >= 0.6 is 0 Å². The maximum atomic E-state index is 12.5. The lowest BCUT2D eigenvalue weighted by molar-refractivity contribution is -0.149. The lowest BCUT2D eigenvalue weighted by Gasteiger charge is -2.24. The number of likely N-dealkylation sites (N-methyl/N-ethyl adjacent to an activating group) is 1. The molecule has 3 N–H and O–H groups in total. The lowest BCUT2D eigenvalue weighted by Crippen LogP contribution is -2.29. The Morgan fingerprint density at radius 2 is 1.83 bits per heavy atom. The highest BCUT2D eigenvalue weighted by atomic mass is 16.6. The summed E-state index contributed by atoms with van der Waals surface area (Å²) in [6.45, 7) is 18.0. The molecule has 0 saturated carbocycles. The molecule has 0 atom stereocenters. The third-order valence-corrected chi connectivity index (χ3v) is 7.12. The summed E-state index contributed by atoms with van der Waals surface area (Å²) in [5, 5.41) is 2.77. The third-order valence-electron chi connectivity index (χ3n) is 7.12. The number of hydrogen-bond donors (Lipinski definition) is 2. The molecule has 240 valence electrons. The number of rotatable bonds is 11. The van der Waals surface area contributed by atoms with Crippen molar-refractivity contribution in [3.8, 4) is 6.01 Å². The molecule has 3 aromatic rings. The van der Waals surface area contributed by atoms with E-state index in [-0.39, 0.29) is 24.9 Å². The fourth-order valence-corrected chi connectivity index (χ4v) is 4.53. The van der Waals surface area contributed by atoms with Gasteiger partial charge in [0.1, 0.15) is 24.6 Å². The van der Waals surface area contributed by atoms with Gasteiger partial charge in [-0.15, -0.1) is 0 Å². The van der Waals surface area contributed by atoms with Crippen molar-refractivity contribution in [2.75, 3.05) is 30.8 Å². The number of carbonyl (C=O) groups is 2. The van der Waals surface area contributed by atoms with E-state index < -0.39 is 23.1 Å². The van der Waals surface area contributed by atoms with Gasteiger partial charge in [-0.1, -0.05) is 38.1 Å². The first-order valence-electron chi connectivity index (χ1n) is 14.7. The van der Waals surface area contributed by atoms with Crippen molar-refractivity contribution >= 4 is 35.0 Å². The van der Waals surface area contributed by atoms with Crippen LogP contribution in [-0.4, -0.2) is 53.5 Å². The van der Waals surface area contributed by atoms with Crippen molar-refractivity contribution in [1.82, 2.24) is 15.3 Å². The van der Waals surface area contributed by atoms with Gasteiger partial charge in [-0.25, -0.2) is 14.6 Å². The molecule has 2 heterocycles. The van der Waals surface area contributed by atoms with Gasteiger partial charge in [-0.3, -0.25) is 9.79 Å². The van der Waals surface area contributed by atoms with Gasteiger partial charge in [-0.05, 0) is 67.8 Å². The van der Waals surface area contributed by atoms with Gasteiger partial charge < -0.3 is 30.2 Å². The Morgan fingerprint density at radius 3 is 2.50 bits per heavy atom. The number of aromatic nitrogens is 2. The maximum Gasteiger partial charge on any atom is 0.407 e. The van der Waals surface area contributed by atoms with Crippen LogP contribution in [0.25, 0.3) is 4.85 Å². The van der Waals surface area contributed by atoms with Crippen molar-refractivity contribution in [2.24, 2.45) is 4.99 Å². The monoisotopic (exact) mass is 625 g/mol. The minimum atomic E-state index is -0.709. The van der Waals surface area contributed by atoms with E-state index in [1.807, 2.05) is 68.3 Å². The number of nitrogens with two attached hydrogens (primary N) is 1.